The van der Waals surface area contributed by atoms with E-state index < -0.39 is 0 Å². The highest BCUT2D eigenvalue weighted by atomic mass is 16.2. The van der Waals surface area contributed by atoms with E-state index in [2.05, 4.69) is 16.3 Å². The predicted octanol–water partition coefficient (Wildman–Crippen LogP) is 2.88. The molecule has 29 heavy (non-hydrogen) atoms. The largest absolute Gasteiger partial charge is 0.336 e. The molecule has 2 aromatic carbocycles. The Hall–Kier alpha value is -3.85. The molecule has 6 heteroatoms. The van der Waals surface area contributed by atoms with Crippen molar-refractivity contribution in [1.29, 1.82) is 0 Å². The van der Waals surface area contributed by atoms with E-state index in [-0.39, 0.29) is 18.4 Å². The van der Waals surface area contributed by atoms with Crippen LogP contribution in [-0.2, 0) is 16.0 Å². The van der Waals surface area contributed by atoms with Crippen molar-refractivity contribution in [1.82, 2.24) is 14.7 Å². The van der Waals surface area contributed by atoms with Crippen molar-refractivity contribution in [2.45, 2.75) is 12.8 Å². The predicted molar refractivity (Wildman–Crippen MR) is 113 cm³/mol. The summed E-state index contributed by atoms with van der Waals surface area (Å²) in [7, 11) is 1.62. The smallest absolute Gasteiger partial charge is 0.243 e. The van der Waals surface area contributed by atoms with Crippen LogP contribution in [0.2, 0.25) is 0 Å². The summed E-state index contributed by atoms with van der Waals surface area (Å²) in [5.41, 5.74) is 3.22. The third kappa shape index (κ3) is 5.56. The van der Waals surface area contributed by atoms with Gasteiger partial charge in [-0.2, -0.15) is 5.10 Å². The van der Waals surface area contributed by atoms with Crippen LogP contribution >= 0.6 is 0 Å². The van der Waals surface area contributed by atoms with Crippen LogP contribution in [0.1, 0.15) is 17.5 Å². The highest BCUT2D eigenvalue weighted by Crippen LogP contribution is 2.11. The molecule has 0 saturated carbocycles. The fourth-order valence-electron chi connectivity index (χ4n) is 2.84. The first-order chi connectivity index (χ1) is 14.0. The molecule has 0 aliphatic carbocycles. The highest BCUT2D eigenvalue weighted by Gasteiger charge is 2.14. The highest BCUT2D eigenvalue weighted by molar-refractivity contribution is 5.94. The maximum absolute atomic E-state index is 12.4. The van der Waals surface area contributed by atoms with E-state index in [0.29, 0.717) is 24.1 Å². The topological polar surface area (TPSA) is 67.2 Å². The summed E-state index contributed by atoms with van der Waals surface area (Å²) in [6, 6.07) is 16.8. The molecule has 0 unspecified atom stereocenters. The van der Waals surface area contributed by atoms with Crippen LogP contribution in [-0.4, -0.2) is 40.1 Å². The summed E-state index contributed by atoms with van der Waals surface area (Å²) in [6.07, 6.45) is 9.89. The van der Waals surface area contributed by atoms with Crippen molar-refractivity contribution >= 4 is 17.5 Å². The molecule has 3 rings (SSSR count). The molecular formula is C23H22N4O2. The zero-order valence-electron chi connectivity index (χ0n) is 16.2. The van der Waals surface area contributed by atoms with E-state index in [4.69, 9.17) is 6.42 Å². The molecule has 0 bridgehead atoms. The molecule has 0 saturated heterocycles. The Labute approximate surface area is 170 Å². The molecule has 0 aliphatic rings. The Morgan fingerprint density at radius 3 is 2.72 bits per heavy atom. The number of carbonyl (C=O) groups is 2. The molecule has 0 atom stereocenters. The Morgan fingerprint density at radius 2 is 1.97 bits per heavy atom. The van der Waals surface area contributed by atoms with Gasteiger partial charge in [0.2, 0.25) is 11.8 Å². The lowest BCUT2D eigenvalue weighted by Crippen LogP contribution is -2.35. The SMILES string of the molecule is C#Cc1cccc(NC(=O)CN(C)C(=O)CCc2cnn(-c3ccccc3)c2)c1. The van der Waals surface area contributed by atoms with Crippen molar-refractivity contribution in [3.05, 3.63) is 78.1 Å². The standard InChI is InChI=1S/C23H22N4O2/c1-3-18-8-7-9-20(14-18)25-22(28)17-26(2)23(29)13-12-19-15-24-27(16-19)21-10-5-4-6-11-21/h1,4-11,14-16H,12-13,17H2,2H3,(H,25,28). The van der Waals surface area contributed by atoms with Gasteiger partial charge in [-0.15, -0.1) is 6.42 Å². The van der Waals surface area contributed by atoms with E-state index in [1.165, 1.54) is 4.90 Å². The molecule has 0 aliphatic heterocycles. The fourth-order valence-corrected chi connectivity index (χ4v) is 2.84. The lowest BCUT2D eigenvalue weighted by Gasteiger charge is -2.16. The Bertz CT molecular complexity index is 1030. The number of hydrogen-bond donors (Lipinski definition) is 1. The average molecular weight is 386 g/mol. The molecule has 146 valence electrons. The van der Waals surface area contributed by atoms with E-state index >= 15 is 0 Å². The number of rotatable bonds is 7. The maximum atomic E-state index is 12.4. The number of amides is 2. The van der Waals surface area contributed by atoms with Crippen molar-refractivity contribution < 1.29 is 9.59 Å². The fraction of sp³-hybridized carbons (Fsp3) is 0.174. The molecule has 0 radical (unpaired) electrons. The van der Waals surface area contributed by atoms with E-state index in [1.54, 1.807) is 42.2 Å². The number of nitrogens with one attached hydrogen (secondary N) is 1. The molecule has 3 aromatic rings. The van der Waals surface area contributed by atoms with Crippen LogP contribution in [0, 0.1) is 12.3 Å². The second kappa shape index (κ2) is 9.38. The second-order valence-corrected chi connectivity index (χ2v) is 6.65. The van der Waals surface area contributed by atoms with Gasteiger partial charge in [0.1, 0.15) is 0 Å². The van der Waals surface area contributed by atoms with Crippen LogP contribution in [0.25, 0.3) is 5.69 Å². The Morgan fingerprint density at radius 1 is 1.17 bits per heavy atom. The Balaban J connectivity index is 1.48. The first-order valence-electron chi connectivity index (χ1n) is 9.24. The minimum atomic E-state index is -0.271. The normalized spacial score (nSPS) is 10.2. The number of nitrogens with zero attached hydrogens (tertiary/aromatic N) is 3. The molecule has 1 N–H and O–H groups in total. The lowest BCUT2D eigenvalue weighted by atomic mass is 10.2. The van der Waals surface area contributed by atoms with Gasteiger partial charge in [0.15, 0.2) is 0 Å². The molecule has 1 heterocycles. The number of para-hydroxylation sites is 1. The number of hydrogen-bond acceptors (Lipinski definition) is 3. The van der Waals surface area contributed by atoms with E-state index in [9.17, 15) is 9.59 Å². The number of aromatic nitrogens is 2. The number of carbonyl (C=O) groups excluding carboxylic acids is 2. The van der Waals surface area contributed by atoms with Crippen molar-refractivity contribution in [3.63, 3.8) is 0 Å². The summed E-state index contributed by atoms with van der Waals surface area (Å²) in [5, 5.41) is 7.09. The number of anilines is 1. The molecule has 6 nitrogen and oxygen atoms in total. The number of likely N-dealkylation sites (N-methyl/N-ethyl adjacent to an activating group) is 1. The van der Waals surface area contributed by atoms with Gasteiger partial charge in [-0.3, -0.25) is 9.59 Å². The summed E-state index contributed by atoms with van der Waals surface area (Å²) in [4.78, 5) is 26.0. The molecular weight excluding hydrogens is 364 g/mol. The van der Waals surface area contributed by atoms with Crippen LogP contribution in [0.5, 0.6) is 0 Å². The van der Waals surface area contributed by atoms with Gasteiger partial charge in [0.25, 0.3) is 0 Å². The van der Waals surface area contributed by atoms with Gasteiger partial charge in [0.05, 0.1) is 18.4 Å². The third-order valence-corrected chi connectivity index (χ3v) is 4.40. The van der Waals surface area contributed by atoms with Crippen LogP contribution in [0.15, 0.2) is 67.0 Å². The monoisotopic (exact) mass is 386 g/mol. The summed E-state index contributed by atoms with van der Waals surface area (Å²) < 4.78 is 1.78. The quantitative estimate of drug-likeness (QED) is 0.635. The van der Waals surface area contributed by atoms with E-state index in [1.807, 2.05) is 36.5 Å². The molecule has 0 fully saturated rings. The van der Waals surface area contributed by atoms with Gasteiger partial charge in [0, 0.05) is 30.9 Å². The van der Waals surface area contributed by atoms with Crippen molar-refractivity contribution in [2.24, 2.45) is 0 Å². The Kier molecular flexibility index (Phi) is 6.43. The first kappa shape index (κ1) is 19.9. The lowest BCUT2D eigenvalue weighted by molar-refractivity contribution is -0.133. The zero-order valence-corrected chi connectivity index (χ0v) is 16.2. The minimum Gasteiger partial charge on any atom is -0.336 e. The van der Waals surface area contributed by atoms with Crippen LogP contribution in [0.3, 0.4) is 0 Å². The molecule has 1 aromatic heterocycles. The summed E-state index contributed by atoms with van der Waals surface area (Å²) in [5.74, 6) is 2.14. The second-order valence-electron chi connectivity index (χ2n) is 6.65. The molecule has 2 amide bonds. The van der Waals surface area contributed by atoms with Gasteiger partial charge < -0.3 is 10.2 Å². The number of aryl methyl sites for hydroxylation is 1. The van der Waals surface area contributed by atoms with Crippen molar-refractivity contribution in [2.75, 3.05) is 18.9 Å². The van der Waals surface area contributed by atoms with Crippen LogP contribution in [0.4, 0.5) is 5.69 Å². The summed E-state index contributed by atoms with van der Waals surface area (Å²) >= 11 is 0. The van der Waals surface area contributed by atoms with Gasteiger partial charge in [-0.25, -0.2) is 4.68 Å². The van der Waals surface area contributed by atoms with E-state index in [0.717, 1.165) is 11.3 Å². The molecule has 0 spiro atoms. The van der Waals surface area contributed by atoms with Crippen LogP contribution < -0.4 is 5.32 Å². The van der Waals surface area contributed by atoms with Gasteiger partial charge >= 0.3 is 0 Å². The average Bonchev–Trinajstić information content (AvgIpc) is 3.21. The number of terminal acetylenes is 1. The zero-order chi connectivity index (χ0) is 20.6. The summed E-state index contributed by atoms with van der Waals surface area (Å²) in [6.45, 7) is -0.0254. The number of benzene rings is 2. The first-order valence-corrected chi connectivity index (χ1v) is 9.24. The van der Waals surface area contributed by atoms with Gasteiger partial charge in [-0.05, 0) is 42.3 Å². The maximum Gasteiger partial charge on any atom is 0.243 e. The van der Waals surface area contributed by atoms with Gasteiger partial charge in [-0.1, -0.05) is 30.2 Å². The minimum absolute atomic E-state index is 0.0254. The van der Waals surface area contributed by atoms with Crippen molar-refractivity contribution in [3.8, 4) is 18.0 Å². The third-order valence-electron chi connectivity index (χ3n) is 4.40.